The van der Waals surface area contributed by atoms with E-state index in [2.05, 4.69) is 9.88 Å². The van der Waals surface area contributed by atoms with E-state index in [4.69, 9.17) is 5.11 Å². The van der Waals surface area contributed by atoms with Crippen molar-refractivity contribution in [1.29, 1.82) is 0 Å². The Morgan fingerprint density at radius 2 is 2.19 bits per heavy atom. The van der Waals surface area contributed by atoms with Gasteiger partial charge in [-0.05, 0) is 31.6 Å². The van der Waals surface area contributed by atoms with Gasteiger partial charge in [-0.2, -0.15) is 0 Å². The number of nitrogens with one attached hydrogen (secondary N) is 1. The zero-order valence-corrected chi connectivity index (χ0v) is 10.3. The highest BCUT2D eigenvalue weighted by Gasteiger charge is 2.35. The summed E-state index contributed by atoms with van der Waals surface area (Å²) >= 11 is 0. The maximum atomic E-state index is 10.9. The van der Waals surface area contributed by atoms with Gasteiger partial charge in [0.15, 0.2) is 0 Å². The Bertz CT molecular complexity index is 342. The van der Waals surface area contributed by atoms with Crippen LogP contribution in [0.15, 0.2) is 18.3 Å². The predicted octanol–water partition coefficient (Wildman–Crippen LogP) is 2.12. The molecule has 0 aromatic carbocycles. The Labute approximate surface area is 96.3 Å². The van der Waals surface area contributed by atoms with E-state index < -0.39 is 5.97 Å². The van der Waals surface area contributed by atoms with Crippen molar-refractivity contribution < 1.29 is 9.90 Å². The van der Waals surface area contributed by atoms with Gasteiger partial charge in [-0.1, -0.05) is 13.8 Å². The lowest BCUT2D eigenvalue weighted by Gasteiger charge is -2.37. The molecule has 16 heavy (non-hydrogen) atoms. The molecular formula is C12H20N2O2. The van der Waals surface area contributed by atoms with E-state index in [1.54, 1.807) is 0 Å². The van der Waals surface area contributed by atoms with E-state index in [0.717, 1.165) is 5.69 Å². The molecule has 0 fully saturated rings. The monoisotopic (exact) mass is 224 g/mol. The third-order valence-corrected chi connectivity index (χ3v) is 2.78. The summed E-state index contributed by atoms with van der Waals surface area (Å²) in [5.74, 6) is -0.761. The average Bonchev–Trinajstić information content (AvgIpc) is 2.52. The second kappa shape index (κ2) is 4.70. The first-order chi connectivity index (χ1) is 7.34. The molecule has 4 nitrogen and oxygen atoms in total. The maximum absolute atomic E-state index is 10.9. The second-order valence-electron chi connectivity index (χ2n) is 5.05. The molecule has 1 unspecified atom stereocenters. The Hall–Kier alpha value is -1.29. The summed E-state index contributed by atoms with van der Waals surface area (Å²) in [6.07, 6.45) is 2.01. The molecule has 0 amide bonds. The summed E-state index contributed by atoms with van der Waals surface area (Å²) in [4.78, 5) is 16.1. The fourth-order valence-electron chi connectivity index (χ4n) is 2.40. The van der Waals surface area contributed by atoms with E-state index >= 15 is 0 Å². The van der Waals surface area contributed by atoms with E-state index in [-0.39, 0.29) is 17.9 Å². The van der Waals surface area contributed by atoms with Crippen molar-refractivity contribution >= 4 is 5.97 Å². The molecule has 0 aliphatic rings. The summed E-state index contributed by atoms with van der Waals surface area (Å²) < 4.78 is 0. The molecule has 4 heteroatoms. The smallest absolute Gasteiger partial charge is 0.303 e. The van der Waals surface area contributed by atoms with E-state index in [0.29, 0.717) is 0 Å². The SMILES string of the molecule is CN(C)C(c1ccc[nH]1)C(C)(C)CC(=O)O. The van der Waals surface area contributed by atoms with Crippen molar-refractivity contribution in [2.45, 2.75) is 26.3 Å². The number of hydrogen-bond donors (Lipinski definition) is 2. The number of nitrogens with zero attached hydrogens (tertiary/aromatic N) is 1. The number of carbonyl (C=O) groups is 1. The molecular weight excluding hydrogens is 204 g/mol. The van der Waals surface area contributed by atoms with Gasteiger partial charge in [-0.3, -0.25) is 4.79 Å². The van der Waals surface area contributed by atoms with Crippen molar-refractivity contribution in [3.05, 3.63) is 24.0 Å². The lowest BCUT2D eigenvalue weighted by Crippen LogP contribution is -2.35. The summed E-state index contributed by atoms with van der Waals surface area (Å²) in [6, 6.07) is 4.00. The minimum atomic E-state index is -0.761. The molecule has 0 aliphatic heterocycles. The third kappa shape index (κ3) is 2.85. The first kappa shape index (κ1) is 12.8. The molecule has 0 aliphatic carbocycles. The van der Waals surface area contributed by atoms with Crippen LogP contribution in [0.5, 0.6) is 0 Å². The average molecular weight is 224 g/mol. The first-order valence-corrected chi connectivity index (χ1v) is 5.36. The molecule has 90 valence electrons. The van der Waals surface area contributed by atoms with Gasteiger partial charge >= 0.3 is 5.97 Å². The van der Waals surface area contributed by atoms with Crippen LogP contribution in [0.2, 0.25) is 0 Å². The largest absolute Gasteiger partial charge is 0.481 e. The van der Waals surface area contributed by atoms with Gasteiger partial charge in [0.25, 0.3) is 0 Å². The number of aromatic nitrogens is 1. The number of aliphatic carboxylic acids is 1. The topological polar surface area (TPSA) is 56.3 Å². The highest BCUT2D eigenvalue weighted by molar-refractivity contribution is 5.67. The highest BCUT2D eigenvalue weighted by Crippen LogP contribution is 2.38. The molecule has 1 atom stereocenters. The summed E-state index contributed by atoms with van der Waals surface area (Å²) in [5.41, 5.74) is 0.733. The molecule has 0 saturated heterocycles. The van der Waals surface area contributed by atoms with Crippen LogP contribution in [0.4, 0.5) is 0 Å². The number of carboxylic acid groups (broad SMARTS) is 1. The molecule has 0 bridgehead atoms. The van der Waals surface area contributed by atoms with Crippen LogP contribution in [-0.4, -0.2) is 35.1 Å². The van der Waals surface area contributed by atoms with Gasteiger partial charge in [0.05, 0.1) is 12.5 Å². The fraction of sp³-hybridized carbons (Fsp3) is 0.583. The second-order valence-corrected chi connectivity index (χ2v) is 5.05. The van der Waals surface area contributed by atoms with E-state index in [9.17, 15) is 4.79 Å². The van der Waals surface area contributed by atoms with Crippen LogP contribution in [0, 0.1) is 5.41 Å². The summed E-state index contributed by atoms with van der Waals surface area (Å²) in [5, 5.41) is 8.95. The molecule has 1 heterocycles. The van der Waals surface area contributed by atoms with Crippen LogP contribution < -0.4 is 0 Å². The van der Waals surface area contributed by atoms with Crippen molar-refractivity contribution in [1.82, 2.24) is 9.88 Å². The van der Waals surface area contributed by atoms with E-state index in [1.165, 1.54) is 0 Å². The third-order valence-electron chi connectivity index (χ3n) is 2.78. The predicted molar refractivity (Wildman–Crippen MR) is 63.3 cm³/mol. The van der Waals surface area contributed by atoms with Crippen LogP contribution >= 0.6 is 0 Å². The fourth-order valence-corrected chi connectivity index (χ4v) is 2.40. The van der Waals surface area contributed by atoms with Crippen LogP contribution in [0.3, 0.4) is 0 Å². The van der Waals surface area contributed by atoms with Gasteiger partial charge in [0.2, 0.25) is 0 Å². The zero-order valence-electron chi connectivity index (χ0n) is 10.3. The standard InChI is InChI=1S/C12H20N2O2/c1-12(2,8-10(15)16)11(14(3)4)9-6-5-7-13-9/h5-7,11,13H,8H2,1-4H3,(H,15,16). The summed E-state index contributed by atoms with van der Waals surface area (Å²) in [7, 11) is 3.93. The first-order valence-electron chi connectivity index (χ1n) is 5.36. The molecule has 1 aromatic rings. The Morgan fingerprint density at radius 1 is 1.56 bits per heavy atom. The van der Waals surface area contributed by atoms with Crippen molar-refractivity contribution in [3.63, 3.8) is 0 Å². The molecule has 0 radical (unpaired) electrons. The zero-order chi connectivity index (χ0) is 12.3. The lowest BCUT2D eigenvalue weighted by atomic mass is 9.79. The van der Waals surface area contributed by atoms with Gasteiger partial charge in [0.1, 0.15) is 0 Å². The minimum Gasteiger partial charge on any atom is -0.481 e. The van der Waals surface area contributed by atoms with Crippen LogP contribution in [0.25, 0.3) is 0 Å². The van der Waals surface area contributed by atoms with Crippen molar-refractivity contribution in [3.8, 4) is 0 Å². The quantitative estimate of drug-likeness (QED) is 0.805. The van der Waals surface area contributed by atoms with Gasteiger partial charge in [0, 0.05) is 11.9 Å². The van der Waals surface area contributed by atoms with Gasteiger partial charge in [-0.15, -0.1) is 0 Å². The van der Waals surface area contributed by atoms with Gasteiger partial charge < -0.3 is 15.0 Å². The highest BCUT2D eigenvalue weighted by atomic mass is 16.4. The molecule has 1 rings (SSSR count). The lowest BCUT2D eigenvalue weighted by molar-refractivity contribution is -0.140. The molecule has 2 N–H and O–H groups in total. The van der Waals surface area contributed by atoms with Crippen molar-refractivity contribution in [2.24, 2.45) is 5.41 Å². The van der Waals surface area contributed by atoms with Crippen LogP contribution in [0.1, 0.15) is 32.0 Å². The minimum absolute atomic E-state index is 0.0681. The number of rotatable bonds is 5. The van der Waals surface area contributed by atoms with Gasteiger partial charge in [-0.25, -0.2) is 0 Å². The number of hydrogen-bond acceptors (Lipinski definition) is 2. The van der Waals surface area contributed by atoms with Crippen LogP contribution in [-0.2, 0) is 4.79 Å². The number of H-pyrrole nitrogens is 1. The Kier molecular flexibility index (Phi) is 3.75. The van der Waals surface area contributed by atoms with E-state index in [1.807, 2.05) is 46.3 Å². The summed E-state index contributed by atoms with van der Waals surface area (Å²) in [6.45, 7) is 3.96. The molecule has 0 saturated carbocycles. The normalized spacial score (nSPS) is 14.1. The Morgan fingerprint density at radius 3 is 2.56 bits per heavy atom. The number of carboxylic acids is 1. The molecule has 1 aromatic heterocycles. The van der Waals surface area contributed by atoms with Crippen molar-refractivity contribution in [2.75, 3.05) is 14.1 Å². The number of aromatic amines is 1. The molecule has 0 spiro atoms. The maximum Gasteiger partial charge on any atom is 0.303 e. The Balaban J connectivity index is 2.98.